The molecule has 0 fully saturated rings. The Labute approximate surface area is 97.5 Å². The van der Waals surface area contributed by atoms with Crippen LogP contribution in [0.25, 0.3) is 5.70 Å². The number of hydroxylamine groups is 1. The Balaban J connectivity index is 2.32. The van der Waals surface area contributed by atoms with Crippen molar-refractivity contribution in [3.8, 4) is 6.07 Å². The molecule has 90 valence electrons. The standard InChI is InChI=1S/C9H5F3N2O2S/c10-9(11,12)8(15)3-6(14-16-8)7-2-1-5(4-13)17-7/h1-3,14-15H. The first-order valence-corrected chi connectivity index (χ1v) is 5.14. The largest absolute Gasteiger partial charge is 0.449 e. The van der Waals surface area contributed by atoms with Crippen LogP contribution in [0.1, 0.15) is 9.75 Å². The number of nitrogens with one attached hydrogen (secondary N) is 1. The summed E-state index contributed by atoms with van der Waals surface area (Å²) in [6.07, 6.45) is -4.41. The summed E-state index contributed by atoms with van der Waals surface area (Å²) in [5, 5.41) is 17.8. The summed E-state index contributed by atoms with van der Waals surface area (Å²) >= 11 is 0.991. The lowest BCUT2D eigenvalue weighted by Crippen LogP contribution is -2.45. The molecular weight excluding hydrogens is 257 g/mol. The van der Waals surface area contributed by atoms with Crippen molar-refractivity contribution >= 4 is 17.0 Å². The molecule has 2 heterocycles. The third kappa shape index (κ3) is 2.00. The second-order valence-corrected chi connectivity index (χ2v) is 4.32. The molecule has 0 saturated carbocycles. The molecule has 1 unspecified atom stereocenters. The average Bonchev–Trinajstić information content (AvgIpc) is 2.83. The van der Waals surface area contributed by atoms with Gasteiger partial charge >= 0.3 is 12.0 Å². The number of halogens is 3. The molecular formula is C9H5F3N2O2S. The third-order valence-corrected chi connectivity index (χ3v) is 3.07. The molecule has 1 aliphatic heterocycles. The summed E-state index contributed by atoms with van der Waals surface area (Å²) < 4.78 is 37.2. The normalized spacial score (nSPS) is 24.1. The minimum atomic E-state index is -4.93. The minimum Gasteiger partial charge on any atom is -0.354 e. The lowest BCUT2D eigenvalue weighted by molar-refractivity contribution is -0.345. The van der Waals surface area contributed by atoms with Crippen molar-refractivity contribution in [3.63, 3.8) is 0 Å². The van der Waals surface area contributed by atoms with E-state index in [4.69, 9.17) is 5.26 Å². The third-order valence-electron chi connectivity index (χ3n) is 2.04. The fourth-order valence-electron chi connectivity index (χ4n) is 1.19. The van der Waals surface area contributed by atoms with Crippen molar-refractivity contribution in [2.45, 2.75) is 12.0 Å². The van der Waals surface area contributed by atoms with E-state index in [9.17, 15) is 18.3 Å². The highest BCUT2D eigenvalue weighted by Gasteiger charge is 2.57. The first-order valence-electron chi connectivity index (χ1n) is 4.32. The van der Waals surface area contributed by atoms with Gasteiger partial charge < -0.3 is 5.11 Å². The molecule has 0 saturated heterocycles. The molecule has 0 aromatic carbocycles. The topological polar surface area (TPSA) is 65.3 Å². The zero-order chi connectivity index (χ0) is 12.7. The van der Waals surface area contributed by atoms with E-state index in [0.717, 1.165) is 11.3 Å². The van der Waals surface area contributed by atoms with Crippen LogP contribution in [0.15, 0.2) is 18.2 Å². The number of nitriles is 1. The van der Waals surface area contributed by atoms with Crippen LogP contribution >= 0.6 is 11.3 Å². The van der Waals surface area contributed by atoms with Gasteiger partial charge in [0.2, 0.25) is 0 Å². The Morgan fingerprint density at radius 3 is 2.65 bits per heavy atom. The van der Waals surface area contributed by atoms with E-state index in [0.29, 0.717) is 15.8 Å². The summed E-state index contributed by atoms with van der Waals surface area (Å²) in [7, 11) is 0. The number of thiophene rings is 1. The molecule has 0 amide bonds. The molecule has 0 spiro atoms. The molecule has 1 aromatic rings. The van der Waals surface area contributed by atoms with Gasteiger partial charge in [-0.15, -0.1) is 11.3 Å². The van der Waals surface area contributed by atoms with Crippen molar-refractivity contribution in [1.29, 1.82) is 5.26 Å². The number of hydrogen-bond acceptors (Lipinski definition) is 5. The Kier molecular flexibility index (Phi) is 2.61. The first kappa shape index (κ1) is 11.9. The summed E-state index contributed by atoms with van der Waals surface area (Å²) in [5.74, 6) is -3.33. The van der Waals surface area contributed by atoms with Crippen LogP contribution in [-0.4, -0.2) is 17.1 Å². The number of rotatable bonds is 1. The molecule has 1 aliphatic rings. The van der Waals surface area contributed by atoms with Gasteiger partial charge in [-0.3, -0.25) is 5.48 Å². The number of hydrogen-bond donors (Lipinski definition) is 2. The molecule has 0 aliphatic carbocycles. The lowest BCUT2D eigenvalue weighted by Gasteiger charge is -2.21. The van der Waals surface area contributed by atoms with Gasteiger partial charge in [-0.1, -0.05) is 0 Å². The van der Waals surface area contributed by atoms with Gasteiger partial charge in [-0.2, -0.15) is 18.4 Å². The summed E-state index contributed by atoms with van der Waals surface area (Å²) in [5.41, 5.74) is 1.98. The van der Waals surface area contributed by atoms with Crippen molar-refractivity contribution in [3.05, 3.63) is 28.0 Å². The van der Waals surface area contributed by atoms with Crippen LogP contribution < -0.4 is 5.48 Å². The Hall–Kier alpha value is -1.56. The van der Waals surface area contributed by atoms with Gasteiger partial charge in [0.15, 0.2) is 0 Å². The summed E-state index contributed by atoms with van der Waals surface area (Å²) in [4.78, 5) is 4.86. The SMILES string of the molecule is N#Cc1ccc(C2=CC(O)(C(F)(F)F)ON2)s1. The molecule has 8 heteroatoms. The highest BCUT2D eigenvalue weighted by molar-refractivity contribution is 7.13. The average molecular weight is 262 g/mol. The molecule has 17 heavy (non-hydrogen) atoms. The van der Waals surface area contributed by atoms with E-state index >= 15 is 0 Å². The number of nitrogens with zero attached hydrogens (tertiary/aromatic N) is 1. The predicted octanol–water partition coefficient (Wildman–Crippen LogP) is 1.75. The van der Waals surface area contributed by atoms with Crippen molar-refractivity contribution in [1.82, 2.24) is 5.48 Å². The Morgan fingerprint density at radius 1 is 1.47 bits per heavy atom. The fourth-order valence-corrected chi connectivity index (χ4v) is 1.96. The molecule has 1 atom stereocenters. The zero-order valence-electron chi connectivity index (χ0n) is 8.08. The van der Waals surface area contributed by atoms with Gasteiger partial charge in [0.1, 0.15) is 10.9 Å². The minimum absolute atomic E-state index is 0.0173. The van der Waals surface area contributed by atoms with Gasteiger partial charge in [0.25, 0.3) is 0 Å². The highest BCUT2D eigenvalue weighted by Crippen LogP contribution is 2.38. The second kappa shape index (κ2) is 3.73. The maximum atomic E-state index is 12.4. The molecule has 0 bridgehead atoms. The van der Waals surface area contributed by atoms with E-state index in [1.165, 1.54) is 12.1 Å². The molecule has 0 radical (unpaired) electrons. The predicted molar refractivity (Wildman–Crippen MR) is 52.2 cm³/mol. The van der Waals surface area contributed by atoms with Crippen molar-refractivity contribution in [2.75, 3.05) is 0 Å². The Morgan fingerprint density at radius 2 is 2.18 bits per heavy atom. The monoisotopic (exact) mass is 262 g/mol. The molecule has 4 nitrogen and oxygen atoms in total. The fraction of sp³-hybridized carbons (Fsp3) is 0.222. The molecule has 1 aromatic heterocycles. The van der Waals surface area contributed by atoms with Crippen molar-refractivity contribution < 1.29 is 23.1 Å². The maximum absolute atomic E-state index is 12.4. The first-order chi connectivity index (χ1) is 7.86. The summed E-state index contributed by atoms with van der Waals surface area (Å²) in [6.45, 7) is 0. The van der Waals surface area contributed by atoms with E-state index in [1.807, 2.05) is 11.5 Å². The number of alkyl halides is 3. The van der Waals surface area contributed by atoms with E-state index in [2.05, 4.69) is 4.84 Å². The maximum Gasteiger partial charge on any atom is 0.449 e. The Bertz CT molecular complexity index is 517. The van der Waals surface area contributed by atoms with Crippen LogP contribution in [0.4, 0.5) is 13.2 Å². The zero-order valence-corrected chi connectivity index (χ0v) is 8.89. The van der Waals surface area contributed by atoms with Crippen LogP contribution in [0.5, 0.6) is 0 Å². The van der Waals surface area contributed by atoms with Crippen molar-refractivity contribution in [2.24, 2.45) is 0 Å². The van der Waals surface area contributed by atoms with Gasteiger partial charge in [0.05, 0.1) is 10.6 Å². The smallest absolute Gasteiger partial charge is 0.354 e. The van der Waals surface area contributed by atoms with E-state index < -0.39 is 12.0 Å². The summed E-state index contributed by atoms with van der Waals surface area (Å²) in [6, 6.07) is 4.79. The lowest BCUT2D eigenvalue weighted by atomic mass is 10.2. The van der Waals surface area contributed by atoms with Crippen LogP contribution in [0.2, 0.25) is 0 Å². The highest BCUT2D eigenvalue weighted by atomic mass is 32.1. The van der Waals surface area contributed by atoms with Gasteiger partial charge in [-0.25, -0.2) is 4.84 Å². The van der Waals surface area contributed by atoms with Gasteiger partial charge in [-0.05, 0) is 12.1 Å². The van der Waals surface area contributed by atoms with Crippen LogP contribution in [0.3, 0.4) is 0 Å². The number of aliphatic hydroxyl groups is 1. The van der Waals surface area contributed by atoms with Crippen LogP contribution in [-0.2, 0) is 4.84 Å². The van der Waals surface area contributed by atoms with Gasteiger partial charge in [0, 0.05) is 6.08 Å². The molecule has 2 rings (SSSR count). The van der Waals surface area contributed by atoms with Crippen LogP contribution in [0, 0.1) is 11.3 Å². The van der Waals surface area contributed by atoms with E-state index in [1.54, 1.807) is 0 Å². The second-order valence-electron chi connectivity index (χ2n) is 3.23. The molecule has 2 N–H and O–H groups in total. The quantitative estimate of drug-likeness (QED) is 0.809. The van der Waals surface area contributed by atoms with E-state index in [-0.39, 0.29) is 5.70 Å².